The maximum absolute atomic E-state index is 13.5. The fourth-order valence-corrected chi connectivity index (χ4v) is 9.95. The van der Waals surface area contributed by atoms with Crippen LogP contribution in [0, 0.1) is 54.0 Å². The van der Waals surface area contributed by atoms with Gasteiger partial charge in [-0.05, 0) is 151 Å². The normalized spacial score (nSPS) is 11.9. The molecular weight excluding hydrogens is 1490 g/mol. The maximum atomic E-state index is 13.5. The molecule has 4 atom stereocenters. The summed E-state index contributed by atoms with van der Waals surface area (Å²) in [4.78, 5) is 183. The molecule has 0 aliphatic carbocycles. The zero-order valence-corrected chi connectivity index (χ0v) is 66.4. The van der Waals surface area contributed by atoms with Gasteiger partial charge in [0.1, 0.15) is 35.1 Å². The molecule has 7 N–H and O–H groups in total. The van der Waals surface area contributed by atoms with Gasteiger partial charge in [-0.1, -0.05) is 52.0 Å². The second-order valence-corrected chi connectivity index (χ2v) is 28.9. The summed E-state index contributed by atoms with van der Waals surface area (Å²) in [6, 6.07) is 25.9. The zero-order valence-electron chi connectivity index (χ0n) is 66.4. The molecule has 0 saturated heterocycles. The Balaban J connectivity index is 0.000000477. The van der Waals surface area contributed by atoms with E-state index in [0.29, 0.717) is 35.3 Å². The lowest BCUT2D eigenvalue weighted by Gasteiger charge is -2.24. The molecule has 0 saturated carbocycles. The number of carbonyl (C=O) groups is 12. The van der Waals surface area contributed by atoms with E-state index in [4.69, 9.17) is 28.4 Å². The number of aliphatic hydroxyl groups is 1. The molecule has 0 heterocycles. The van der Waals surface area contributed by atoms with Crippen LogP contribution in [0.2, 0.25) is 0 Å². The van der Waals surface area contributed by atoms with Crippen molar-refractivity contribution in [3.63, 3.8) is 0 Å². The monoisotopic (exact) mass is 1590 g/mol. The van der Waals surface area contributed by atoms with Crippen LogP contribution < -0.4 is 46.1 Å². The Morgan fingerprint density at radius 1 is 0.447 bits per heavy atom. The van der Waals surface area contributed by atoms with Crippen LogP contribution in [-0.4, -0.2) is 166 Å². The van der Waals surface area contributed by atoms with Crippen LogP contribution in [0.3, 0.4) is 0 Å². The van der Waals surface area contributed by atoms with Crippen molar-refractivity contribution in [2.45, 2.75) is 170 Å². The number of nitrogens with one attached hydrogen (secondary N) is 6. The third kappa shape index (κ3) is 38.4. The van der Waals surface area contributed by atoms with Gasteiger partial charge in [0.15, 0.2) is 11.6 Å². The van der Waals surface area contributed by atoms with Crippen LogP contribution in [0.5, 0.6) is 17.2 Å². The summed E-state index contributed by atoms with van der Waals surface area (Å²) in [5.74, 6) is -4.48. The summed E-state index contributed by atoms with van der Waals surface area (Å²) in [6.45, 7) is 17.4. The fraction of sp³-hybridized carbons (Fsp3) is 0.462. The minimum atomic E-state index is -1.07. The Hall–Kier alpha value is -12.5. The highest BCUT2D eigenvalue weighted by atomic mass is 16.7. The van der Waals surface area contributed by atoms with Gasteiger partial charge < -0.3 is 75.2 Å². The summed E-state index contributed by atoms with van der Waals surface area (Å²) in [7, 11) is 6.56. The van der Waals surface area contributed by atoms with Crippen LogP contribution in [0.15, 0.2) is 121 Å². The molecule has 5 aromatic rings. The Bertz CT molecular complexity index is 4010. The smallest absolute Gasteiger partial charge is 0.444 e. The van der Waals surface area contributed by atoms with Gasteiger partial charge in [-0.2, -0.15) is 0 Å². The second-order valence-electron chi connectivity index (χ2n) is 28.9. The van der Waals surface area contributed by atoms with Crippen LogP contribution in [0.1, 0.15) is 145 Å². The fourth-order valence-electron chi connectivity index (χ4n) is 9.95. The van der Waals surface area contributed by atoms with Crippen molar-refractivity contribution >= 4 is 99.9 Å². The van der Waals surface area contributed by atoms with Crippen molar-refractivity contribution in [1.82, 2.24) is 31.1 Å². The third-order valence-electron chi connectivity index (χ3n) is 15.9. The number of anilines is 2. The SMILES string of the molecule is CC(C)[C@H](NC(=O)CCCC(=O)N(C)C)C(=O)C[C@@H](CCNC(=O)OC(C)(C)C)C(=O)Nc1ccc(CO)cc1.CC(C)[C@H](NC(=O)CCCC(=O)N(C)C)C(=O)C[C@@H](CCNC(=O)OC(C)(C)C)C(=O)Nc1ccc(COC(=O)Oc2ccc([N+](=O)[O-])cc2)cc1.O=C(Oc1ccc([N+](=O)[O-])cc1)Oc1ccc([N+](=O)[O-])cc1. The lowest BCUT2D eigenvalue weighted by atomic mass is 9.90. The third-order valence-corrected chi connectivity index (χ3v) is 15.9. The van der Waals surface area contributed by atoms with Gasteiger partial charge >= 0.3 is 24.5 Å². The zero-order chi connectivity index (χ0) is 85.6. The molecule has 0 aromatic heterocycles. The number of Topliss-reactive ketones (excluding diaryl/α,β-unsaturated/α-hetero) is 2. The Morgan fingerprint density at radius 3 is 1.05 bits per heavy atom. The lowest BCUT2D eigenvalue weighted by Crippen LogP contribution is -2.45. The first-order valence-corrected chi connectivity index (χ1v) is 36.3. The van der Waals surface area contributed by atoms with E-state index in [1.165, 1.54) is 82.6 Å². The molecule has 8 amide bonds. The summed E-state index contributed by atoms with van der Waals surface area (Å²) in [5.41, 5.74) is 0.286. The van der Waals surface area contributed by atoms with Gasteiger partial charge in [0.2, 0.25) is 35.4 Å². The first kappa shape index (κ1) is 95.7. The van der Waals surface area contributed by atoms with Crippen molar-refractivity contribution in [3.8, 4) is 17.2 Å². The maximum Gasteiger partial charge on any atom is 0.519 e. The minimum absolute atomic E-state index is 0.0329. The first-order valence-electron chi connectivity index (χ1n) is 36.3. The lowest BCUT2D eigenvalue weighted by molar-refractivity contribution is -0.385. The highest BCUT2D eigenvalue weighted by molar-refractivity contribution is 5.99. The number of hydrogen-bond donors (Lipinski definition) is 7. The van der Waals surface area contributed by atoms with E-state index < -0.39 is 86.2 Å². The van der Waals surface area contributed by atoms with Crippen molar-refractivity contribution in [3.05, 3.63) is 163 Å². The Morgan fingerprint density at radius 2 is 0.763 bits per heavy atom. The largest absolute Gasteiger partial charge is 0.519 e. The number of nitro groups is 3. The average Bonchev–Trinajstić information content (AvgIpc) is 0.877. The number of nitro benzene ring substituents is 3. The molecule has 114 heavy (non-hydrogen) atoms. The molecule has 5 aromatic carbocycles. The number of benzene rings is 5. The number of alkyl carbamates (subject to hydrolysis) is 2. The number of amides is 8. The molecule has 0 aliphatic rings. The number of hydrogen-bond acceptors (Lipinski definition) is 25. The number of non-ortho nitro benzene ring substituents is 3. The first-order chi connectivity index (χ1) is 53.4. The predicted molar refractivity (Wildman–Crippen MR) is 415 cm³/mol. The number of nitrogens with zero attached hydrogens (tertiary/aromatic N) is 5. The molecule has 36 nitrogen and oxygen atoms in total. The van der Waals surface area contributed by atoms with E-state index in [1.54, 1.807) is 146 Å². The van der Waals surface area contributed by atoms with Gasteiger partial charge in [-0.15, -0.1) is 0 Å². The highest BCUT2D eigenvalue weighted by Gasteiger charge is 2.33. The van der Waals surface area contributed by atoms with Crippen molar-refractivity contribution in [2.75, 3.05) is 51.9 Å². The minimum Gasteiger partial charge on any atom is -0.444 e. The molecule has 0 bridgehead atoms. The highest BCUT2D eigenvalue weighted by Crippen LogP contribution is 2.25. The topological polar surface area (TPSA) is 489 Å². The van der Waals surface area contributed by atoms with Gasteiger partial charge in [-0.25, -0.2) is 19.2 Å². The Kier molecular flexibility index (Phi) is 40.0. The number of ketones is 2. The summed E-state index contributed by atoms with van der Waals surface area (Å²) >= 11 is 0. The molecule has 36 heteroatoms. The molecule has 0 aliphatic heterocycles. The van der Waals surface area contributed by atoms with Crippen molar-refractivity contribution < 1.29 is 106 Å². The van der Waals surface area contributed by atoms with Crippen molar-refractivity contribution in [1.29, 1.82) is 0 Å². The molecule has 620 valence electrons. The number of aliphatic hydroxyl groups excluding tert-OH is 1. The van der Waals surface area contributed by atoms with Crippen LogP contribution in [0.25, 0.3) is 0 Å². The number of rotatable bonds is 37. The Labute approximate surface area is 659 Å². The molecule has 0 spiro atoms. The average molecular weight is 1590 g/mol. The molecule has 0 radical (unpaired) electrons. The van der Waals surface area contributed by atoms with E-state index in [9.17, 15) is 93.0 Å². The second kappa shape index (κ2) is 47.7. The number of carbonyl (C=O) groups excluding carboxylic acids is 12. The van der Waals surface area contributed by atoms with Crippen LogP contribution in [-0.2, 0) is 65.8 Å². The van der Waals surface area contributed by atoms with E-state index in [1.807, 2.05) is 0 Å². The summed E-state index contributed by atoms with van der Waals surface area (Å²) in [5, 5.41) is 57.3. The van der Waals surface area contributed by atoms with Gasteiger partial charge in [0.25, 0.3) is 17.1 Å². The standard InChI is InChI=1S/C36H49N5O11.C29H46N4O7.C13H8N2O7/c1-23(2)32(39-30(43)9-8-10-31(44)40(6)7)29(42)21-25(19-20-37-34(46)52-36(3,4)5)33(45)38-26-13-11-24(12-14-26)22-50-35(47)51-28-17-15-27(16-18-28)41(48)49;1-19(2)26(32-24(36)9-8-10-25(37)33(6)7)23(35)17-21(15-16-30-28(39)40-29(3,4)5)27(38)31-22-13-11-20(18-34)12-14-22;16-13(21-11-5-1-9(2-6-11)14(17)18)22-12-7-3-10(4-8-12)15(19)20/h11-18,23,25,32H,8-10,19-22H2,1-7H3,(H,37,46)(H,38,45)(H,39,43);11-14,19,21,26,34H,8-10,15-18H2,1-7H3,(H,30,39)(H,31,38)(H,32,36);1-8H/t25-,32+;21-,26+;/m11./s1. The number of ether oxygens (including phenoxy) is 6. The van der Waals surface area contributed by atoms with Crippen LogP contribution >= 0.6 is 0 Å². The van der Waals surface area contributed by atoms with Crippen molar-refractivity contribution in [2.24, 2.45) is 23.7 Å². The quantitative estimate of drug-likeness (QED) is 0.00638. The summed E-state index contributed by atoms with van der Waals surface area (Å²) in [6.07, 6.45) is -2.26. The molecular formula is C78H103N11O25. The van der Waals surface area contributed by atoms with E-state index in [2.05, 4.69) is 31.9 Å². The van der Waals surface area contributed by atoms with E-state index >= 15 is 0 Å². The van der Waals surface area contributed by atoms with E-state index in [-0.39, 0.29) is 159 Å². The van der Waals surface area contributed by atoms with Gasteiger partial charge in [-0.3, -0.25) is 68.7 Å². The predicted octanol–water partition coefficient (Wildman–Crippen LogP) is 11.2. The molecule has 0 unspecified atom stereocenters. The summed E-state index contributed by atoms with van der Waals surface area (Å²) < 4.78 is 30.3. The van der Waals surface area contributed by atoms with E-state index in [0.717, 1.165) is 0 Å². The van der Waals surface area contributed by atoms with Gasteiger partial charge in [0.05, 0.1) is 33.5 Å². The van der Waals surface area contributed by atoms with Crippen LogP contribution in [0.4, 0.5) is 47.6 Å². The van der Waals surface area contributed by atoms with Gasteiger partial charge in [0, 0.05) is 139 Å². The molecule has 5 rings (SSSR count). The molecule has 0 fully saturated rings.